The molecule has 0 aromatic carbocycles. The van der Waals surface area contributed by atoms with Crippen molar-refractivity contribution in [2.75, 3.05) is 4.72 Å². The van der Waals surface area contributed by atoms with Crippen molar-refractivity contribution in [2.45, 2.75) is 11.1 Å². The molecule has 9 heteroatoms. The number of hydrogen-bond acceptors (Lipinski definition) is 6. The lowest BCUT2D eigenvalue weighted by Gasteiger charge is -2.06. The normalized spacial score (nSPS) is 11.4. The first-order chi connectivity index (χ1) is 10.0. The van der Waals surface area contributed by atoms with Crippen molar-refractivity contribution in [1.29, 1.82) is 5.26 Å². The molecule has 0 saturated heterocycles. The topological polar surface area (TPSA) is 100 Å². The molecule has 3 aromatic heterocycles. The second-order valence-corrected chi connectivity index (χ2v) is 7.07. The molecule has 0 saturated carbocycles. The zero-order valence-corrected chi connectivity index (χ0v) is 12.4. The van der Waals surface area contributed by atoms with E-state index in [1.54, 1.807) is 11.6 Å². The van der Waals surface area contributed by atoms with Crippen LogP contribution in [0.3, 0.4) is 0 Å². The van der Waals surface area contributed by atoms with E-state index in [9.17, 15) is 8.42 Å². The van der Waals surface area contributed by atoms with Crippen LogP contribution < -0.4 is 4.72 Å². The SMILES string of the molecule is Cc1cnn2cc(NS(=O)(=O)c3sccc3C#N)cnc12. The maximum atomic E-state index is 12.3. The Morgan fingerprint density at radius 3 is 3.00 bits per heavy atom. The second-order valence-electron chi connectivity index (χ2n) is 4.28. The zero-order valence-electron chi connectivity index (χ0n) is 10.8. The molecular formula is C12H9N5O2S2. The summed E-state index contributed by atoms with van der Waals surface area (Å²) in [4.78, 5) is 4.16. The van der Waals surface area contributed by atoms with Gasteiger partial charge >= 0.3 is 0 Å². The van der Waals surface area contributed by atoms with Crippen molar-refractivity contribution in [2.24, 2.45) is 0 Å². The lowest BCUT2D eigenvalue weighted by Crippen LogP contribution is -2.13. The van der Waals surface area contributed by atoms with E-state index in [1.807, 2.05) is 13.0 Å². The van der Waals surface area contributed by atoms with Gasteiger partial charge in [0.25, 0.3) is 10.0 Å². The molecule has 106 valence electrons. The molecule has 3 rings (SSSR count). The Morgan fingerprint density at radius 1 is 1.43 bits per heavy atom. The quantitative estimate of drug-likeness (QED) is 0.793. The van der Waals surface area contributed by atoms with Gasteiger partial charge in [-0.3, -0.25) is 4.72 Å². The number of aryl methyl sites for hydroxylation is 1. The number of thiophene rings is 1. The Bertz CT molecular complexity index is 965. The van der Waals surface area contributed by atoms with Crippen molar-refractivity contribution >= 4 is 32.7 Å². The summed E-state index contributed by atoms with van der Waals surface area (Å²) in [5.41, 5.74) is 1.96. The highest BCUT2D eigenvalue weighted by atomic mass is 32.2. The highest BCUT2D eigenvalue weighted by Gasteiger charge is 2.20. The summed E-state index contributed by atoms with van der Waals surface area (Å²) in [5, 5.41) is 14.6. The fraction of sp³-hybridized carbons (Fsp3) is 0.0833. The van der Waals surface area contributed by atoms with Crippen LogP contribution in [0.1, 0.15) is 11.1 Å². The van der Waals surface area contributed by atoms with Crippen LogP contribution in [0, 0.1) is 18.3 Å². The van der Waals surface area contributed by atoms with Gasteiger partial charge in [-0.05, 0) is 18.4 Å². The summed E-state index contributed by atoms with van der Waals surface area (Å²) in [5.74, 6) is 0. The number of rotatable bonds is 3. The molecule has 3 heterocycles. The van der Waals surface area contributed by atoms with Crippen molar-refractivity contribution in [3.05, 3.63) is 41.2 Å². The summed E-state index contributed by atoms with van der Waals surface area (Å²) in [7, 11) is -3.81. The van der Waals surface area contributed by atoms with Crippen LogP contribution in [0.5, 0.6) is 0 Å². The van der Waals surface area contributed by atoms with Crippen LogP contribution in [0.4, 0.5) is 5.69 Å². The average Bonchev–Trinajstić information content (AvgIpc) is 3.05. The van der Waals surface area contributed by atoms with E-state index in [0.717, 1.165) is 16.9 Å². The van der Waals surface area contributed by atoms with Crippen LogP contribution in [0.2, 0.25) is 0 Å². The zero-order chi connectivity index (χ0) is 15.0. The molecule has 0 radical (unpaired) electrons. The molecular weight excluding hydrogens is 310 g/mol. The van der Waals surface area contributed by atoms with Gasteiger partial charge in [0, 0.05) is 5.56 Å². The van der Waals surface area contributed by atoms with Gasteiger partial charge in [0.05, 0.1) is 29.8 Å². The first-order valence-electron chi connectivity index (χ1n) is 5.81. The Labute approximate surface area is 124 Å². The largest absolute Gasteiger partial charge is 0.276 e. The summed E-state index contributed by atoms with van der Waals surface area (Å²) in [6, 6.07) is 3.33. The lowest BCUT2D eigenvalue weighted by atomic mass is 10.4. The van der Waals surface area contributed by atoms with Crippen molar-refractivity contribution in [3.63, 3.8) is 0 Å². The van der Waals surface area contributed by atoms with E-state index in [4.69, 9.17) is 5.26 Å². The number of nitriles is 1. The minimum atomic E-state index is -3.81. The summed E-state index contributed by atoms with van der Waals surface area (Å²) in [6.45, 7) is 1.87. The van der Waals surface area contributed by atoms with Crippen LogP contribution >= 0.6 is 11.3 Å². The molecule has 7 nitrogen and oxygen atoms in total. The molecule has 21 heavy (non-hydrogen) atoms. The van der Waals surface area contributed by atoms with Crippen LogP contribution in [-0.4, -0.2) is 23.0 Å². The third kappa shape index (κ3) is 2.35. The summed E-state index contributed by atoms with van der Waals surface area (Å²) in [6.07, 6.45) is 4.60. The Balaban J connectivity index is 1.99. The molecule has 0 bridgehead atoms. The van der Waals surface area contributed by atoms with Gasteiger partial charge in [-0.25, -0.2) is 17.9 Å². The molecule has 0 aliphatic carbocycles. The van der Waals surface area contributed by atoms with Crippen LogP contribution in [-0.2, 0) is 10.0 Å². The first kappa shape index (κ1) is 13.5. The highest BCUT2D eigenvalue weighted by molar-refractivity contribution is 7.94. The molecule has 0 aliphatic heterocycles. The molecule has 1 N–H and O–H groups in total. The number of nitrogens with one attached hydrogen (secondary N) is 1. The highest BCUT2D eigenvalue weighted by Crippen LogP contribution is 2.24. The van der Waals surface area contributed by atoms with Crippen molar-refractivity contribution in [3.8, 4) is 6.07 Å². The molecule has 0 spiro atoms. The van der Waals surface area contributed by atoms with Gasteiger partial charge in [-0.15, -0.1) is 11.3 Å². The Kier molecular flexibility index (Phi) is 3.12. The number of fused-ring (bicyclic) bond motifs is 1. The third-order valence-electron chi connectivity index (χ3n) is 2.78. The number of sulfonamides is 1. The molecule has 0 unspecified atom stereocenters. The van der Waals surface area contributed by atoms with Gasteiger partial charge in [0.1, 0.15) is 6.07 Å². The molecule has 0 amide bonds. The van der Waals surface area contributed by atoms with E-state index < -0.39 is 10.0 Å². The predicted molar refractivity (Wildman–Crippen MR) is 77.6 cm³/mol. The van der Waals surface area contributed by atoms with Crippen molar-refractivity contribution in [1.82, 2.24) is 14.6 Å². The average molecular weight is 319 g/mol. The molecule has 0 aliphatic rings. The molecule has 0 atom stereocenters. The fourth-order valence-corrected chi connectivity index (χ4v) is 4.11. The number of hydrogen-bond donors (Lipinski definition) is 1. The van der Waals surface area contributed by atoms with Crippen LogP contribution in [0.25, 0.3) is 5.65 Å². The Morgan fingerprint density at radius 2 is 2.24 bits per heavy atom. The minimum Gasteiger partial charge on any atom is -0.276 e. The van der Waals surface area contributed by atoms with Gasteiger partial charge in [0.15, 0.2) is 9.86 Å². The maximum Gasteiger partial charge on any atom is 0.272 e. The number of aromatic nitrogens is 3. The van der Waals surface area contributed by atoms with E-state index in [0.29, 0.717) is 5.65 Å². The van der Waals surface area contributed by atoms with E-state index in [-0.39, 0.29) is 15.5 Å². The molecule has 3 aromatic rings. The smallest absolute Gasteiger partial charge is 0.272 e. The second kappa shape index (κ2) is 4.83. The number of nitrogens with zero attached hydrogens (tertiary/aromatic N) is 4. The van der Waals surface area contributed by atoms with E-state index in [1.165, 1.54) is 23.0 Å². The summed E-state index contributed by atoms with van der Waals surface area (Å²) < 4.78 is 28.4. The first-order valence-corrected chi connectivity index (χ1v) is 8.18. The fourth-order valence-electron chi connectivity index (χ4n) is 1.83. The van der Waals surface area contributed by atoms with E-state index in [2.05, 4.69) is 14.8 Å². The standard InChI is InChI=1S/C12H9N5O2S2/c1-8-5-15-17-7-10(6-14-11(8)17)16-21(18,19)12-9(4-13)2-3-20-12/h2-3,5-7,16H,1H3. The van der Waals surface area contributed by atoms with Gasteiger partial charge in [-0.2, -0.15) is 10.4 Å². The minimum absolute atomic E-state index is 0.0123. The predicted octanol–water partition coefficient (Wildman–Crippen LogP) is 1.77. The van der Waals surface area contributed by atoms with Crippen molar-refractivity contribution < 1.29 is 8.42 Å². The van der Waals surface area contributed by atoms with Gasteiger partial charge < -0.3 is 0 Å². The monoisotopic (exact) mass is 319 g/mol. The Hall–Kier alpha value is -2.44. The van der Waals surface area contributed by atoms with Crippen LogP contribution in [0.15, 0.2) is 34.2 Å². The number of anilines is 1. The lowest BCUT2D eigenvalue weighted by molar-refractivity contribution is 0.603. The van der Waals surface area contributed by atoms with Gasteiger partial charge in [0.2, 0.25) is 0 Å². The van der Waals surface area contributed by atoms with E-state index >= 15 is 0 Å². The maximum absolute atomic E-state index is 12.3. The van der Waals surface area contributed by atoms with Gasteiger partial charge in [-0.1, -0.05) is 0 Å². The summed E-state index contributed by atoms with van der Waals surface area (Å²) >= 11 is 0.992. The third-order valence-corrected chi connectivity index (χ3v) is 5.64. The molecule has 0 fully saturated rings.